The third-order valence-corrected chi connectivity index (χ3v) is 3.16. The highest BCUT2D eigenvalue weighted by atomic mass is 16.3. The average molecular weight is 236 g/mol. The molecule has 1 aromatic rings. The van der Waals surface area contributed by atoms with Crippen molar-refractivity contribution in [2.75, 3.05) is 6.61 Å². The zero-order valence-electron chi connectivity index (χ0n) is 9.72. The fraction of sp³-hybridized carbons (Fsp3) is 0.500. The number of nitrogens with one attached hydrogen (secondary N) is 1. The second kappa shape index (κ2) is 4.71. The number of aliphatic hydroxyl groups is 1. The normalized spacial score (nSPS) is 23.9. The standard InChI is InChI=1S/C12H16N2O3/c1-8-6-14(12(17)13-11(8)16)10-4-2-3-9(5-10)7-15/h2-3,6,9-10,15H,4-5,7H2,1H3,(H,13,16,17). The molecule has 2 unspecified atom stereocenters. The molecule has 2 atom stereocenters. The molecule has 1 aliphatic rings. The van der Waals surface area contributed by atoms with Crippen LogP contribution >= 0.6 is 0 Å². The van der Waals surface area contributed by atoms with Gasteiger partial charge in [-0.15, -0.1) is 0 Å². The minimum absolute atomic E-state index is 0.0141. The number of aliphatic hydroxyl groups excluding tert-OH is 1. The third kappa shape index (κ3) is 2.39. The molecule has 1 heterocycles. The number of allylic oxidation sites excluding steroid dienone is 1. The number of nitrogens with zero attached hydrogens (tertiary/aromatic N) is 1. The molecule has 0 amide bonds. The lowest BCUT2D eigenvalue weighted by atomic mass is 9.92. The number of H-pyrrole nitrogens is 1. The average Bonchev–Trinajstić information content (AvgIpc) is 2.34. The van der Waals surface area contributed by atoms with Crippen LogP contribution in [0.3, 0.4) is 0 Å². The summed E-state index contributed by atoms with van der Waals surface area (Å²) < 4.78 is 1.56. The van der Waals surface area contributed by atoms with E-state index in [4.69, 9.17) is 5.11 Å². The molecule has 0 spiro atoms. The van der Waals surface area contributed by atoms with Gasteiger partial charge in [0.15, 0.2) is 0 Å². The van der Waals surface area contributed by atoms with Crippen molar-refractivity contribution in [3.8, 4) is 0 Å². The number of hydrogen-bond donors (Lipinski definition) is 2. The number of rotatable bonds is 2. The van der Waals surface area contributed by atoms with Crippen molar-refractivity contribution in [1.29, 1.82) is 0 Å². The Kier molecular flexibility index (Phi) is 3.28. The van der Waals surface area contributed by atoms with Crippen LogP contribution in [-0.4, -0.2) is 21.3 Å². The molecule has 92 valence electrons. The van der Waals surface area contributed by atoms with Crippen LogP contribution in [0.25, 0.3) is 0 Å². The van der Waals surface area contributed by atoms with E-state index in [0.717, 1.165) is 12.8 Å². The van der Waals surface area contributed by atoms with Crippen molar-refractivity contribution >= 4 is 0 Å². The predicted octanol–water partition coefficient (Wildman–Crippen LogP) is 0.345. The summed E-state index contributed by atoms with van der Waals surface area (Å²) in [7, 11) is 0. The highest BCUT2D eigenvalue weighted by molar-refractivity contribution is 5.04. The summed E-state index contributed by atoms with van der Waals surface area (Å²) in [6.07, 6.45) is 7.02. The van der Waals surface area contributed by atoms with E-state index >= 15 is 0 Å². The minimum Gasteiger partial charge on any atom is -0.396 e. The van der Waals surface area contributed by atoms with Gasteiger partial charge in [-0.25, -0.2) is 4.79 Å². The molecular formula is C12H16N2O3. The fourth-order valence-corrected chi connectivity index (χ4v) is 2.17. The van der Waals surface area contributed by atoms with Crippen molar-refractivity contribution in [2.24, 2.45) is 5.92 Å². The lowest BCUT2D eigenvalue weighted by molar-refractivity contribution is 0.222. The summed E-state index contributed by atoms with van der Waals surface area (Å²) >= 11 is 0. The van der Waals surface area contributed by atoms with E-state index in [1.54, 1.807) is 17.7 Å². The SMILES string of the molecule is Cc1cn(C2CC=CC(CO)C2)c(=O)[nH]c1=O. The van der Waals surface area contributed by atoms with Crippen LogP contribution in [-0.2, 0) is 0 Å². The Hall–Kier alpha value is -1.62. The van der Waals surface area contributed by atoms with Gasteiger partial charge in [0, 0.05) is 30.3 Å². The molecule has 5 heteroatoms. The molecule has 5 nitrogen and oxygen atoms in total. The molecule has 1 aromatic heterocycles. The van der Waals surface area contributed by atoms with Gasteiger partial charge in [-0.2, -0.15) is 0 Å². The predicted molar refractivity (Wildman–Crippen MR) is 64.0 cm³/mol. The molecule has 0 aromatic carbocycles. The van der Waals surface area contributed by atoms with Crippen LogP contribution in [0.4, 0.5) is 0 Å². The Bertz CT molecular complexity index is 541. The summed E-state index contributed by atoms with van der Waals surface area (Å²) in [5.74, 6) is 0.0906. The van der Waals surface area contributed by atoms with Gasteiger partial charge in [0.1, 0.15) is 0 Å². The molecule has 2 N–H and O–H groups in total. The summed E-state index contributed by atoms with van der Waals surface area (Å²) in [6.45, 7) is 1.76. The zero-order chi connectivity index (χ0) is 12.4. The summed E-state index contributed by atoms with van der Waals surface area (Å²) in [5, 5.41) is 9.13. The van der Waals surface area contributed by atoms with Crippen molar-refractivity contribution in [1.82, 2.24) is 9.55 Å². The first-order valence-corrected chi connectivity index (χ1v) is 5.71. The Labute approximate surface area is 98.4 Å². The number of aromatic nitrogens is 2. The van der Waals surface area contributed by atoms with Gasteiger partial charge < -0.3 is 5.11 Å². The first kappa shape index (κ1) is 11.9. The maximum absolute atomic E-state index is 11.7. The van der Waals surface area contributed by atoms with Gasteiger partial charge in [-0.05, 0) is 19.8 Å². The Morgan fingerprint density at radius 1 is 1.53 bits per heavy atom. The van der Waals surface area contributed by atoms with Gasteiger partial charge in [0.25, 0.3) is 5.56 Å². The van der Waals surface area contributed by atoms with Gasteiger partial charge in [0.05, 0.1) is 0 Å². The molecule has 17 heavy (non-hydrogen) atoms. The van der Waals surface area contributed by atoms with E-state index in [0.29, 0.717) is 5.56 Å². The molecule has 0 radical (unpaired) electrons. The topological polar surface area (TPSA) is 75.1 Å². The summed E-state index contributed by atoms with van der Waals surface area (Å²) in [4.78, 5) is 25.3. The van der Waals surface area contributed by atoms with Crippen LogP contribution in [0.1, 0.15) is 24.4 Å². The molecule has 0 saturated carbocycles. The van der Waals surface area contributed by atoms with E-state index < -0.39 is 0 Å². The maximum Gasteiger partial charge on any atom is 0.328 e. The molecule has 0 bridgehead atoms. The quantitative estimate of drug-likeness (QED) is 0.727. The second-order valence-electron chi connectivity index (χ2n) is 4.47. The number of aryl methyl sites for hydroxylation is 1. The molecular weight excluding hydrogens is 220 g/mol. The summed E-state index contributed by atoms with van der Waals surface area (Å²) in [5.41, 5.74) is -0.186. The van der Waals surface area contributed by atoms with Crippen LogP contribution in [0.15, 0.2) is 27.9 Å². The van der Waals surface area contributed by atoms with Gasteiger partial charge in [-0.1, -0.05) is 12.2 Å². The zero-order valence-corrected chi connectivity index (χ0v) is 9.72. The second-order valence-corrected chi connectivity index (χ2v) is 4.47. The van der Waals surface area contributed by atoms with Gasteiger partial charge >= 0.3 is 5.69 Å². The lowest BCUT2D eigenvalue weighted by Crippen LogP contribution is -2.34. The molecule has 0 saturated heterocycles. The van der Waals surface area contributed by atoms with Crippen LogP contribution in [0, 0.1) is 12.8 Å². The minimum atomic E-state index is -0.377. The maximum atomic E-state index is 11.7. The largest absolute Gasteiger partial charge is 0.396 e. The lowest BCUT2D eigenvalue weighted by Gasteiger charge is -2.25. The molecule has 0 fully saturated rings. The highest BCUT2D eigenvalue weighted by Gasteiger charge is 2.20. The van der Waals surface area contributed by atoms with E-state index in [9.17, 15) is 9.59 Å². The molecule has 2 rings (SSSR count). The molecule has 0 aliphatic heterocycles. The summed E-state index contributed by atoms with van der Waals surface area (Å²) in [6, 6.07) is 0.0141. The van der Waals surface area contributed by atoms with Crippen molar-refractivity contribution in [3.63, 3.8) is 0 Å². The van der Waals surface area contributed by atoms with Crippen molar-refractivity contribution in [2.45, 2.75) is 25.8 Å². The monoisotopic (exact) mass is 236 g/mol. The fourth-order valence-electron chi connectivity index (χ4n) is 2.17. The van der Waals surface area contributed by atoms with Gasteiger partial charge in [-0.3, -0.25) is 14.3 Å². The van der Waals surface area contributed by atoms with Crippen LogP contribution < -0.4 is 11.2 Å². The Balaban J connectivity index is 2.35. The molecule has 1 aliphatic carbocycles. The van der Waals surface area contributed by atoms with Crippen molar-refractivity contribution in [3.05, 3.63) is 44.8 Å². The number of aromatic amines is 1. The first-order valence-electron chi connectivity index (χ1n) is 5.71. The van der Waals surface area contributed by atoms with Crippen molar-refractivity contribution < 1.29 is 5.11 Å². The van der Waals surface area contributed by atoms with E-state index in [1.807, 2.05) is 12.2 Å². The van der Waals surface area contributed by atoms with E-state index in [2.05, 4.69) is 4.98 Å². The van der Waals surface area contributed by atoms with E-state index in [1.165, 1.54) is 0 Å². The van der Waals surface area contributed by atoms with E-state index in [-0.39, 0.29) is 29.8 Å². The third-order valence-electron chi connectivity index (χ3n) is 3.16. The van der Waals surface area contributed by atoms with Crippen LogP contribution in [0.5, 0.6) is 0 Å². The number of hydrogen-bond acceptors (Lipinski definition) is 3. The Morgan fingerprint density at radius 2 is 2.29 bits per heavy atom. The first-order chi connectivity index (χ1) is 8.11. The van der Waals surface area contributed by atoms with Crippen LogP contribution in [0.2, 0.25) is 0 Å². The van der Waals surface area contributed by atoms with Gasteiger partial charge in [0.2, 0.25) is 0 Å². The smallest absolute Gasteiger partial charge is 0.328 e. The highest BCUT2D eigenvalue weighted by Crippen LogP contribution is 2.26. The Morgan fingerprint density at radius 3 is 3.00 bits per heavy atom.